The first-order valence-corrected chi connectivity index (χ1v) is 5.86. The number of aryl methyl sites for hydroxylation is 1. The van der Waals surface area contributed by atoms with Crippen molar-refractivity contribution >= 4 is 11.6 Å². The Labute approximate surface area is 102 Å². The maximum atomic E-state index is 11.2. The van der Waals surface area contributed by atoms with E-state index >= 15 is 0 Å². The highest BCUT2D eigenvalue weighted by molar-refractivity contribution is 5.75. The van der Waals surface area contributed by atoms with Crippen LogP contribution in [0.25, 0.3) is 0 Å². The smallest absolute Gasteiger partial charge is 0.219 e. The molecule has 0 atom stereocenters. The molecular weight excluding hydrogens is 216 g/mol. The molecule has 4 nitrogen and oxygen atoms in total. The summed E-state index contributed by atoms with van der Waals surface area (Å²) in [7, 11) is 1.60. The average Bonchev–Trinajstić information content (AvgIpc) is 2.29. The molecule has 4 heteroatoms. The SMILES string of the molecule is CCNC(=O)CCCc1ccc(OC)c(N)c1. The summed E-state index contributed by atoms with van der Waals surface area (Å²) < 4.78 is 5.09. The molecule has 1 rings (SSSR count). The zero-order valence-electron chi connectivity index (χ0n) is 10.5. The number of carbonyl (C=O) groups is 1. The highest BCUT2D eigenvalue weighted by Gasteiger charge is 2.03. The van der Waals surface area contributed by atoms with Gasteiger partial charge < -0.3 is 15.8 Å². The molecule has 0 aliphatic rings. The summed E-state index contributed by atoms with van der Waals surface area (Å²) in [6, 6.07) is 5.74. The Morgan fingerprint density at radius 1 is 1.47 bits per heavy atom. The predicted molar refractivity (Wildman–Crippen MR) is 69.0 cm³/mol. The summed E-state index contributed by atoms with van der Waals surface area (Å²) in [4.78, 5) is 11.2. The maximum Gasteiger partial charge on any atom is 0.219 e. The van der Waals surface area contributed by atoms with Gasteiger partial charge in [-0.2, -0.15) is 0 Å². The van der Waals surface area contributed by atoms with Crippen LogP contribution >= 0.6 is 0 Å². The van der Waals surface area contributed by atoms with E-state index in [1.54, 1.807) is 7.11 Å². The van der Waals surface area contributed by atoms with Crippen molar-refractivity contribution < 1.29 is 9.53 Å². The van der Waals surface area contributed by atoms with E-state index in [-0.39, 0.29) is 5.91 Å². The van der Waals surface area contributed by atoms with Crippen molar-refractivity contribution in [1.82, 2.24) is 5.32 Å². The number of hydrogen-bond acceptors (Lipinski definition) is 3. The Bertz CT molecular complexity index is 378. The number of nitrogens with one attached hydrogen (secondary N) is 1. The third-order valence-electron chi connectivity index (χ3n) is 2.54. The van der Waals surface area contributed by atoms with Gasteiger partial charge in [-0.3, -0.25) is 4.79 Å². The van der Waals surface area contributed by atoms with Crippen LogP contribution in [0.5, 0.6) is 5.75 Å². The van der Waals surface area contributed by atoms with Gasteiger partial charge in [-0.15, -0.1) is 0 Å². The minimum atomic E-state index is 0.106. The second-order valence-electron chi connectivity index (χ2n) is 3.88. The Morgan fingerprint density at radius 3 is 2.82 bits per heavy atom. The van der Waals surface area contributed by atoms with Crippen molar-refractivity contribution in [3.05, 3.63) is 23.8 Å². The van der Waals surface area contributed by atoms with Crippen LogP contribution in [0.15, 0.2) is 18.2 Å². The second-order valence-corrected chi connectivity index (χ2v) is 3.88. The third kappa shape index (κ3) is 4.34. The quantitative estimate of drug-likeness (QED) is 0.739. The number of nitrogen functional groups attached to an aromatic ring is 1. The number of benzene rings is 1. The van der Waals surface area contributed by atoms with Gasteiger partial charge in [-0.05, 0) is 37.5 Å². The fraction of sp³-hybridized carbons (Fsp3) is 0.462. The fourth-order valence-corrected chi connectivity index (χ4v) is 1.68. The molecule has 0 saturated heterocycles. The van der Waals surface area contributed by atoms with E-state index in [1.807, 2.05) is 25.1 Å². The molecule has 0 aliphatic carbocycles. The van der Waals surface area contributed by atoms with Crippen molar-refractivity contribution in [3.63, 3.8) is 0 Å². The van der Waals surface area contributed by atoms with Crippen molar-refractivity contribution in [3.8, 4) is 5.75 Å². The van der Waals surface area contributed by atoms with Gasteiger partial charge in [-0.1, -0.05) is 6.07 Å². The summed E-state index contributed by atoms with van der Waals surface area (Å²) in [5.41, 5.74) is 7.58. The van der Waals surface area contributed by atoms with E-state index in [0.29, 0.717) is 24.4 Å². The number of nitrogens with two attached hydrogens (primary N) is 1. The molecule has 17 heavy (non-hydrogen) atoms. The highest BCUT2D eigenvalue weighted by atomic mass is 16.5. The largest absolute Gasteiger partial charge is 0.495 e. The van der Waals surface area contributed by atoms with Gasteiger partial charge in [-0.25, -0.2) is 0 Å². The fourth-order valence-electron chi connectivity index (χ4n) is 1.68. The molecule has 1 aromatic rings. The second kappa shape index (κ2) is 6.78. The maximum absolute atomic E-state index is 11.2. The predicted octanol–water partition coefficient (Wildman–Crippen LogP) is 1.74. The number of hydrogen-bond donors (Lipinski definition) is 2. The van der Waals surface area contributed by atoms with Crippen LogP contribution in [-0.2, 0) is 11.2 Å². The average molecular weight is 236 g/mol. The van der Waals surface area contributed by atoms with Crippen molar-refractivity contribution in [2.75, 3.05) is 19.4 Å². The minimum Gasteiger partial charge on any atom is -0.495 e. The standard InChI is InChI=1S/C13H20N2O2/c1-3-15-13(16)6-4-5-10-7-8-12(17-2)11(14)9-10/h7-9H,3-6,14H2,1-2H3,(H,15,16). The zero-order chi connectivity index (χ0) is 12.7. The van der Waals surface area contributed by atoms with Crippen LogP contribution in [0, 0.1) is 0 Å². The highest BCUT2D eigenvalue weighted by Crippen LogP contribution is 2.22. The van der Waals surface area contributed by atoms with Crippen molar-refractivity contribution in [2.45, 2.75) is 26.2 Å². The van der Waals surface area contributed by atoms with E-state index < -0.39 is 0 Å². The third-order valence-corrected chi connectivity index (χ3v) is 2.54. The number of ether oxygens (including phenoxy) is 1. The number of amides is 1. The van der Waals surface area contributed by atoms with Crippen LogP contribution in [0.2, 0.25) is 0 Å². The van der Waals surface area contributed by atoms with E-state index in [4.69, 9.17) is 10.5 Å². The summed E-state index contributed by atoms with van der Waals surface area (Å²) in [6.07, 6.45) is 2.24. The van der Waals surface area contributed by atoms with Crippen LogP contribution in [0.4, 0.5) is 5.69 Å². The zero-order valence-corrected chi connectivity index (χ0v) is 10.5. The lowest BCUT2D eigenvalue weighted by atomic mass is 10.1. The lowest BCUT2D eigenvalue weighted by Gasteiger charge is -2.07. The Balaban J connectivity index is 2.42. The van der Waals surface area contributed by atoms with Crippen molar-refractivity contribution in [1.29, 1.82) is 0 Å². The van der Waals surface area contributed by atoms with Crippen LogP contribution < -0.4 is 15.8 Å². The van der Waals surface area contributed by atoms with Gasteiger partial charge in [0.05, 0.1) is 12.8 Å². The molecule has 0 bridgehead atoms. The molecule has 1 aromatic carbocycles. The van der Waals surface area contributed by atoms with Crippen LogP contribution in [-0.4, -0.2) is 19.6 Å². The molecule has 0 aliphatic heterocycles. The Morgan fingerprint density at radius 2 is 2.24 bits per heavy atom. The molecule has 1 amide bonds. The lowest BCUT2D eigenvalue weighted by Crippen LogP contribution is -2.22. The van der Waals surface area contributed by atoms with E-state index in [1.165, 1.54) is 0 Å². The summed E-state index contributed by atoms with van der Waals surface area (Å²) in [5, 5.41) is 2.78. The van der Waals surface area contributed by atoms with Crippen molar-refractivity contribution in [2.24, 2.45) is 0 Å². The van der Waals surface area contributed by atoms with E-state index in [9.17, 15) is 4.79 Å². The molecular formula is C13H20N2O2. The van der Waals surface area contributed by atoms with Gasteiger partial charge in [0.2, 0.25) is 5.91 Å². The molecule has 0 heterocycles. The number of rotatable bonds is 6. The number of carbonyl (C=O) groups excluding carboxylic acids is 1. The van der Waals surface area contributed by atoms with Gasteiger partial charge in [0.1, 0.15) is 5.75 Å². The first kappa shape index (κ1) is 13.4. The Kier molecular flexibility index (Phi) is 5.33. The topological polar surface area (TPSA) is 64.3 Å². The number of methoxy groups -OCH3 is 1. The monoisotopic (exact) mass is 236 g/mol. The first-order chi connectivity index (χ1) is 8.17. The molecule has 0 unspecified atom stereocenters. The normalized spacial score (nSPS) is 10.0. The van der Waals surface area contributed by atoms with Crippen LogP contribution in [0.3, 0.4) is 0 Å². The van der Waals surface area contributed by atoms with Gasteiger partial charge in [0.15, 0.2) is 0 Å². The first-order valence-electron chi connectivity index (χ1n) is 5.86. The summed E-state index contributed by atoms with van der Waals surface area (Å²) in [6.45, 7) is 2.61. The molecule has 94 valence electrons. The molecule has 0 saturated carbocycles. The lowest BCUT2D eigenvalue weighted by molar-refractivity contribution is -0.121. The minimum absolute atomic E-state index is 0.106. The molecule has 3 N–H and O–H groups in total. The molecule has 0 aromatic heterocycles. The van der Waals surface area contributed by atoms with Gasteiger partial charge >= 0.3 is 0 Å². The summed E-state index contributed by atoms with van der Waals surface area (Å²) >= 11 is 0. The van der Waals surface area contributed by atoms with E-state index in [2.05, 4.69) is 5.32 Å². The van der Waals surface area contributed by atoms with E-state index in [0.717, 1.165) is 18.4 Å². The number of anilines is 1. The van der Waals surface area contributed by atoms with Gasteiger partial charge in [0, 0.05) is 13.0 Å². The molecule has 0 radical (unpaired) electrons. The molecule has 0 fully saturated rings. The molecule has 0 spiro atoms. The van der Waals surface area contributed by atoms with Gasteiger partial charge in [0.25, 0.3) is 0 Å². The summed E-state index contributed by atoms with van der Waals surface area (Å²) in [5.74, 6) is 0.798. The van der Waals surface area contributed by atoms with Crippen LogP contribution in [0.1, 0.15) is 25.3 Å². The Hall–Kier alpha value is -1.71.